The van der Waals surface area contributed by atoms with Crippen LogP contribution in [0.3, 0.4) is 0 Å². The molecule has 3 nitrogen and oxygen atoms in total. The zero-order valence-corrected chi connectivity index (χ0v) is 9.89. The molecule has 1 aromatic rings. The molecule has 0 bridgehead atoms. The molecule has 0 saturated heterocycles. The van der Waals surface area contributed by atoms with Gasteiger partial charge in [-0.1, -0.05) is 24.9 Å². The highest BCUT2D eigenvalue weighted by Gasteiger charge is 2.22. The molecule has 1 heterocycles. The van der Waals surface area contributed by atoms with Gasteiger partial charge in [-0.15, -0.1) is 9.24 Å². The number of nitrogens with one attached hydrogen (secondary N) is 1. The molecule has 4 heteroatoms. The molecule has 15 heavy (non-hydrogen) atoms. The van der Waals surface area contributed by atoms with E-state index in [2.05, 4.69) is 14.6 Å². The Kier molecular flexibility index (Phi) is 4.57. The molecule has 1 aliphatic rings. The van der Waals surface area contributed by atoms with Crippen molar-refractivity contribution in [2.24, 2.45) is 0 Å². The Morgan fingerprint density at radius 2 is 2.13 bits per heavy atom. The van der Waals surface area contributed by atoms with Gasteiger partial charge >= 0.3 is 5.97 Å². The van der Waals surface area contributed by atoms with Crippen LogP contribution in [0.1, 0.15) is 12.0 Å². The van der Waals surface area contributed by atoms with E-state index in [1.54, 1.807) is 0 Å². The van der Waals surface area contributed by atoms with Gasteiger partial charge in [-0.2, -0.15) is 0 Å². The van der Waals surface area contributed by atoms with Gasteiger partial charge in [0.05, 0.1) is 0 Å². The van der Waals surface area contributed by atoms with E-state index < -0.39 is 12.0 Å². The quantitative estimate of drug-likeness (QED) is 0.718. The van der Waals surface area contributed by atoms with Crippen molar-refractivity contribution in [2.75, 3.05) is 12.0 Å². The van der Waals surface area contributed by atoms with Crippen LogP contribution >= 0.6 is 9.24 Å². The highest BCUT2D eigenvalue weighted by atomic mass is 31.0. The van der Waals surface area contributed by atoms with E-state index in [1.807, 2.05) is 30.9 Å². The van der Waals surface area contributed by atoms with Crippen molar-refractivity contribution in [3.8, 4) is 0 Å². The molecular weight excluding hydrogens is 209 g/mol. The van der Waals surface area contributed by atoms with Crippen LogP contribution in [-0.4, -0.2) is 23.8 Å². The van der Waals surface area contributed by atoms with E-state index in [0.29, 0.717) is 6.42 Å². The number of aliphatic carboxylic acids is 1. The molecule has 82 valence electrons. The molecule has 1 aromatic carbocycles. The second-order valence-electron chi connectivity index (χ2n) is 3.23. The second kappa shape index (κ2) is 5.72. The highest BCUT2D eigenvalue weighted by molar-refractivity contribution is 7.15. The summed E-state index contributed by atoms with van der Waals surface area (Å²) in [5.41, 5.74) is 2.17. The lowest BCUT2D eigenvalue weighted by atomic mass is 9.98. The van der Waals surface area contributed by atoms with Crippen LogP contribution in [0.5, 0.6) is 0 Å². The number of rotatable bonds is 1. The molecule has 0 fully saturated rings. The Morgan fingerprint density at radius 3 is 2.80 bits per heavy atom. The molecule has 0 saturated carbocycles. The molecule has 2 unspecified atom stereocenters. The fraction of sp³-hybridized carbons (Fsp3) is 0.364. The Bertz CT molecular complexity index is 341. The fourth-order valence-electron chi connectivity index (χ4n) is 1.62. The number of fused-ring (bicyclic) bond motifs is 1. The molecule has 1 aliphatic heterocycles. The number of aryl methyl sites for hydroxylation is 1. The van der Waals surface area contributed by atoms with E-state index in [9.17, 15) is 4.79 Å². The lowest BCUT2D eigenvalue weighted by molar-refractivity contribution is -0.138. The Labute approximate surface area is 92.1 Å². The van der Waals surface area contributed by atoms with Gasteiger partial charge in [-0.25, -0.2) is 4.79 Å². The lowest BCUT2D eigenvalue weighted by Gasteiger charge is -2.23. The first-order valence-electron chi connectivity index (χ1n) is 4.92. The molecule has 0 amide bonds. The number of carbonyl (C=O) groups is 1. The zero-order valence-electron chi connectivity index (χ0n) is 8.73. The van der Waals surface area contributed by atoms with E-state index >= 15 is 0 Å². The minimum Gasteiger partial charge on any atom is -0.480 e. The topological polar surface area (TPSA) is 49.3 Å². The number of carboxylic acids is 1. The first-order chi connectivity index (χ1) is 7.27. The Morgan fingerprint density at radius 1 is 1.47 bits per heavy atom. The summed E-state index contributed by atoms with van der Waals surface area (Å²) in [5.74, 6) is -0.769. The van der Waals surface area contributed by atoms with Crippen LogP contribution in [0.25, 0.3) is 0 Å². The average molecular weight is 225 g/mol. The standard InChI is InChI=1S/C10H11NO2.CH5P/c12-10(13)9-6-5-7-3-1-2-4-8(7)11-9;1-2/h1-4,9,11H,5-6H2,(H,12,13);2H2,1H3. The van der Waals surface area contributed by atoms with Crippen molar-refractivity contribution >= 4 is 20.9 Å². The second-order valence-corrected chi connectivity index (χ2v) is 3.23. The fourth-order valence-corrected chi connectivity index (χ4v) is 1.62. The van der Waals surface area contributed by atoms with Crippen LogP contribution < -0.4 is 5.32 Å². The van der Waals surface area contributed by atoms with Gasteiger partial charge in [0, 0.05) is 5.69 Å². The number of carboxylic acid groups (broad SMARTS) is 1. The summed E-state index contributed by atoms with van der Waals surface area (Å²) in [6.45, 7) is 1.92. The summed E-state index contributed by atoms with van der Waals surface area (Å²) in [4.78, 5) is 10.7. The Hall–Kier alpha value is -1.08. The molecule has 2 rings (SSSR count). The van der Waals surface area contributed by atoms with Gasteiger partial charge in [-0.3, -0.25) is 0 Å². The van der Waals surface area contributed by atoms with Crippen LogP contribution in [0.4, 0.5) is 5.69 Å². The molecule has 2 atom stereocenters. The summed E-state index contributed by atoms with van der Waals surface area (Å²) in [6.07, 6.45) is 1.52. The maximum Gasteiger partial charge on any atom is 0.326 e. The van der Waals surface area contributed by atoms with Crippen LogP contribution in [0, 0.1) is 0 Å². The van der Waals surface area contributed by atoms with Crippen molar-refractivity contribution in [1.29, 1.82) is 0 Å². The third-order valence-corrected chi connectivity index (χ3v) is 2.35. The average Bonchev–Trinajstić information content (AvgIpc) is 2.31. The Balaban J connectivity index is 0.000000531. The summed E-state index contributed by atoms with van der Waals surface area (Å²) in [6, 6.07) is 7.41. The summed E-state index contributed by atoms with van der Waals surface area (Å²) < 4.78 is 0. The largest absolute Gasteiger partial charge is 0.480 e. The zero-order chi connectivity index (χ0) is 11.3. The van der Waals surface area contributed by atoms with Gasteiger partial charge in [0.25, 0.3) is 0 Å². The molecule has 0 aliphatic carbocycles. The SMILES string of the molecule is CP.O=C(O)C1CCc2ccccc2N1. The maximum absolute atomic E-state index is 10.7. The van der Waals surface area contributed by atoms with Crippen molar-refractivity contribution in [2.45, 2.75) is 18.9 Å². The number of benzene rings is 1. The number of para-hydroxylation sites is 1. The molecular formula is C11H16NO2P. The first-order valence-corrected chi connectivity index (χ1v) is 6.08. The maximum atomic E-state index is 10.7. The van der Waals surface area contributed by atoms with E-state index in [1.165, 1.54) is 5.56 Å². The van der Waals surface area contributed by atoms with Gasteiger partial charge < -0.3 is 10.4 Å². The molecule has 2 N–H and O–H groups in total. The smallest absolute Gasteiger partial charge is 0.326 e. The third-order valence-electron chi connectivity index (χ3n) is 2.35. The number of anilines is 1. The summed E-state index contributed by atoms with van der Waals surface area (Å²) in [5, 5.41) is 11.8. The van der Waals surface area contributed by atoms with Gasteiger partial charge in [0.2, 0.25) is 0 Å². The predicted octanol–water partition coefficient (Wildman–Crippen LogP) is 1.99. The van der Waals surface area contributed by atoms with Crippen LogP contribution in [-0.2, 0) is 11.2 Å². The van der Waals surface area contributed by atoms with Crippen LogP contribution in [0.15, 0.2) is 24.3 Å². The van der Waals surface area contributed by atoms with Crippen molar-refractivity contribution in [3.63, 3.8) is 0 Å². The van der Waals surface area contributed by atoms with Gasteiger partial charge in [-0.05, 0) is 24.5 Å². The molecule has 0 radical (unpaired) electrons. The van der Waals surface area contributed by atoms with Crippen LogP contribution in [0.2, 0.25) is 0 Å². The molecule has 0 spiro atoms. The van der Waals surface area contributed by atoms with Gasteiger partial charge in [0.1, 0.15) is 6.04 Å². The summed E-state index contributed by atoms with van der Waals surface area (Å²) in [7, 11) is 2.42. The van der Waals surface area contributed by atoms with E-state index in [-0.39, 0.29) is 0 Å². The molecule has 0 aromatic heterocycles. The highest BCUT2D eigenvalue weighted by Crippen LogP contribution is 2.23. The number of hydrogen-bond donors (Lipinski definition) is 2. The minimum absolute atomic E-state index is 0.421. The van der Waals surface area contributed by atoms with E-state index in [4.69, 9.17) is 5.11 Å². The van der Waals surface area contributed by atoms with E-state index in [0.717, 1.165) is 12.1 Å². The lowest BCUT2D eigenvalue weighted by Crippen LogP contribution is -2.33. The third kappa shape index (κ3) is 2.93. The monoisotopic (exact) mass is 225 g/mol. The van der Waals surface area contributed by atoms with Crippen molar-refractivity contribution in [1.82, 2.24) is 0 Å². The first kappa shape index (κ1) is 12.0. The van der Waals surface area contributed by atoms with Gasteiger partial charge in [0.15, 0.2) is 0 Å². The normalized spacial score (nSPS) is 17.9. The predicted molar refractivity (Wildman–Crippen MR) is 65.4 cm³/mol. The van der Waals surface area contributed by atoms with Crippen molar-refractivity contribution < 1.29 is 9.90 Å². The minimum atomic E-state index is -0.769. The number of hydrogen-bond acceptors (Lipinski definition) is 2. The van der Waals surface area contributed by atoms with Crippen molar-refractivity contribution in [3.05, 3.63) is 29.8 Å². The summed E-state index contributed by atoms with van der Waals surface area (Å²) >= 11 is 0.